The van der Waals surface area contributed by atoms with Crippen molar-refractivity contribution in [1.82, 2.24) is 25.0 Å². The van der Waals surface area contributed by atoms with Crippen LogP contribution in [0, 0.1) is 0 Å². The van der Waals surface area contributed by atoms with Crippen molar-refractivity contribution in [2.24, 2.45) is 0 Å². The largest absolute Gasteiger partial charge is 0.363 e. The summed E-state index contributed by atoms with van der Waals surface area (Å²) in [5.74, 6) is 0.760. The Labute approximate surface area is 124 Å². The maximum Gasteiger partial charge on any atom is 0.242 e. The molecule has 0 spiro atoms. The Bertz CT molecular complexity index is 633. The normalized spacial score (nSPS) is 11.9. The van der Waals surface area contributed by atoms with Gasteiger partial charge in [-0.3, -0.25) is 0 Å². The van der Waals surface area contributed by atoms with Crippen LogP contribution >= 0.6 is 0 Å². The van der Waals surface area contributed by atoms with Crippen molar-refractivity contribution in [2.45, 2.75) is 31.2 Å². The quantitative estimate of drug-likeness (QED) is 0.513. The average Bonchev–Trinajstić information content (AvgIpc) is 3.10. The van der Waals surface area contributed by atoms with Gasteiger partial charge in [0.1, 0.15) is 5.82 Å². The van der Waals surface area contributed by atoms with E-state index in [1.807, 2.05) is 0 Å². The van der Waals surface area contributed by atoms with Crippen molar-refractivity contribution in [2.75, 3.05) is 13.1 Å². The fourth-order valence-corrected chi connectivity index (χ4v) is 2.95. The lowest BCUT2D eigenvalue weighted by molar-refractivity contribution is 0.581. The van der Waals surface area contributed by atoms with Gasteiger partial charge in [0.25, 0.3) is 0 Å². The minimum Gasteiger partial charge on any atom is -0.363 e. The van der Waals surface area contributed by atoms with Crippen LogP contribution < -0.4 is 10.0 Å². The molecule has 0 aromatic carbocycles. The Balaban J connectivity index is 1.86. The van der Waals surface area contributed by atoms with Crippen LogP contribution in [0.15, 0.2) is 29.6 Å². The highest BCUT2D eigenvalue weighted by molar-refractivity contribution is 7.89. The van der Waals surface area contributed by atoms with Gasteiger partial charge in [0, 0.05) is 43.8 Å². The molecule has 0 aliphatic rings. The zero-order valence-corrected chi connectivity index (χ0v) is 12.8. The van der Waals surface area contributed by atoms with Gasteiger partial charge in [0.15, 0.2) is 0 Å². The smallest absolute Gasteiger partial charge is 0.242 e. The second kappa shape index (κ2) is 7.39. The first kappa shape index (κ1) is 15.7. The topological polar surface area (TPSA) is 103 Å². The van der Waals surface area contributed by atoms with E-state index in [1.54, 1.807) is 18.5 Å². The van der Waals surface area contributed by atoms with Crippen molar-refractivity contribution in [1.29, 1.82) is 0 Å². The average molecular weight is 311 g/mol. The highest BCUT2D eigenvalue weighted by atomic mass is 32.2. The van der Waals surface area contributed by atoms with Crippen LogP contribution in [0.1, 0.15) is 24.9 Å². The molecule has 0 aliphatic carbocycles. The number of rotatable bonds is 9. The molecule has 0 bridgehead atoms. The van der Waals surface area contributed by atoms with Gasteiger partial charge in [0.05, 0.1) is 4.90 Å². The van der Waals surface area contributed by atoms with E-state index in [9.17, 15) is 8.42 Å². The first-order valence-corrected chi connectivity index (χ1v) is 8.46. The fourth-order valence-electron chi connectivity index (χ4n) is 1.90. The van der Waals surface area contributed by atoms with Crippen LogP contribution in [0.3, 0.4) is 0 Å². The number of sulfonamides is 1. The summed E-state index contributed by atoms with van der Waals surface area (Å²) in [6, 6.07) is 1.65. The van der Waals surface area contributed by atoms with Crippen molar-refractivity contribution in [3.8, 4) is 0 Å². The van der Waals surface area contributed by atoms with Gasteiger partial charge in [-0.25, -0.2) is 18.1 Å². The molecule has 0 unspecified atom stereocenters. The first-order chi connectivity index (χ1) is 10.1. The number of aromatic nitrogens is 3. The Morgan fingerprint density at radius 3 is 2.86 bits per heavy atom. The van der Waals surface area contributed by atoms with E-state index in [1.165, 1.54) is 6.20 Å². The number of imidazole rings is 1. The predicted octanol–water partition coefficient (Wildman–Crippen LogP) is 0.758. The van der Waals surface area contributed by atoms with E-state index < -0.39 is 10.0 Å². The molecule has 2 rings (SSSR count). The summed E-state index contributed by atoms with van der Waals surface area (Å²) in [5, 5.41) is 3.22. The van der Waals surface area contributed by atoms with Gasteiger partial charge in [-0.05, 0) is 19.0 Å². The molecular formula is C13H21N5O2S. The lowest BCUT2D eigenvalue weighted by Gasteiger charge is -2.03. The van der Waals surface area contributed by atoms with Gasteiger partial charge in [-0.15, -0.1) is 0 Å². The molecule has 0 aliphatic heterocycles. The zero-order chi connectivity index (χ0) is 15.1. The Morgan fingerprint density at radius 1 is 1.29 bits per heavy atom. The third-order valence-electron chi connectivity index (χ3n) is 2.98. The Hall–Kier alpha value is -1.64. The summed E-state index contributed by atoms with van der Waals surface area (Å²) in [6.45, 7) is 3.93. The van der Waals surface area contributed by atoms with Gasteiger partial charge in [0.2, 0.25) is 10.0 Å². The predicted molar refractivity (Wildman–Crippen MR) is 80.3 cm³/mol. The number of H-pyrrole nitrogens is 2. The number of nitrogens with zero attached hydrogens (tertiary/aromatic N) is 1. The maximum absolute atomic E-state index is 12.1. The number of aromatic amines is 2. The van der Waals surface area contributed by atoms with Crippen LogP contribution in [0.25, 0.3) is 0 Å². The standard InChI is InChI=1S/C13H21N5O2S/c1-2-4-14-9-11-8-12(10-17-11)21(19,20)18-5-3-13-15-6-7-16-13/h6-8,10,14,17-18H,2-5,9H2,1H3,(H,15,16). The highest BCUT2D eigenvalue weighted by Crippen LogP contribution is 2.10. The van der Waals surface area contributed by atoms with E-state index in [0.29, 0.717) is 19.5 Å². The second-order valence-electron chi connectivity index (χ2n) is 4.72. The Morgan fingerprint density at radius 2 is 2.14 bits per heavy atom. The van der Waals surface area contributed by atoms with E-state index >= 15 is 0 Å². The highest BCUT2D eigenvalue weighted by Gasteiger charge is 2.15. The molecule has 0 amide bonds. The molecule has 0 atom stereocenters. The summed E-state index contributed by atoms with van der Waals surface area (Å²) >= 11 is 0. The number of nitrogens with one attached hydrogen (secondary N) is 4. The molecule has 116 valence electrons. The molecule has 0 saturated carbocycles. The van der Waals surface area contributed by atoms with Crippen LogP contribution in [0.5, 0.6) is 0 Å². The molecule has 0 fully saturated rings. The molecule has 0 radical (unpaired) electrons. The van der Waals surface area contributed by atoms with E-state index in [0.717, 1.165) is 24.5 Å². The minimum absolute atomic E-state index is 0.259. The summed E-state index contributed by atoms with van der Waals surface area (Å²) in [4.78, 5) is 10.2. The lowest BCUT2D eigenvalue weighted by atomic mass is 10.4. The van der Waals surface area contributed by atoms with E-state index in [2.05, 4.69) is 31.9 Å². The van der Waals surface area contributed by atoms with Crippen LogP contribution in [-0.4, -0.2) is 36.5 Å². The fraction of sp³-hybridized carbons (Fsp3) is 0.462. The summed E-state index contributed by atoms with van der Waals surface area (Å²) < 4.78 is 26.8. The second-order valence-corrected chi connectivity index (χ2v) is 6.49. The van der Waals surface area contributed by atoms with Crippen LogP contribution in [0.4, 0.5) is 0 Å². The Kier molecular flexibility index (Phi) is 5.54. The molecule has 8 heteroatoms. The van der Waals surface area contributed by atoms with Crippen LogP contribution in [-0.2, 0) is 23.0 Å². The van der Waals surface area contributed by atoms with Crippen molar-refractivity contribution < 1.29 is 8.42 Å². The molecule has 2 aromatic rings. The molecule has 2 heterocycles. The third-order valence-corrected chi connectivity index (χ3v) is 4.42. The first-order valence-electron chi connectivity index (χ1n) is 6.97. The molecule has 0 saturated heterocycles. The minimum atomic E-state index is -3.47. The van der Waals surface area contributed by atoms with Crippen molar-refractivity contribution in [3.63, 3.8) is 0 Å². The number of hydrogen-bond acceptors (Lipinski definition) is 4. The number of hydrogen-bond donors (Lipinski definition) is 4. The maximum atomic E-state index is 12.1. The third kappa shape index (κ3) is 4.69. The van der Waals surface area contributed by atoms with Crippen molar-refractivity contribution in [3.05, 3.63) is 36.2 Å². The SMILES string of the molecule is CCCNCc1cc(S(=O)(=O)NCCc2ncc[nH]2)c[nH]1. The van der Waals surface area contributed by atoms with Gasteiger partial charge in [-0.1, -0.05) is 6.92 Å². The molecule has 4 N–H and O–H groups in total. The lowest BCUT2D eigenvalue weighted by Crippen LogP contribution is -2.26. The zero-order valence-electron chi connectivity index (χ0n) is 12.0. The summed E-state index contributed by atoms with van der Waals surface area (Å²) in [5.41, 5.74) is 0.856. The van der Waals surface area contributed by atoms with Gasteiger partial charge >= 0.3 is 0 Å². The summed E-state index contributed by atoms with van der Waals surface area (Å²) in [7, 11) is -3.47. The molecule has 21 heavy (non-hydrogen) atoms. The molecule has 7 nitrogen and oxygen atoms in total. The van der Waals surface area contributed by atoms with Crippen LogP contribution in [0.2, 0.25) is 0 Å². The van der Waals surface area contributed by atoms with E-state index in [4.69, 9.17) is 0 Å². The molecular weight excluding hydrogens is 290 g/mol. The monoisotopic (exact) mass is 311 g/mol. The van der Waals surface area contributed by atoms with Gasteiger partial charge < -0.3 is 15.3 Å². The van der Waals surface area contributed by atoms with E-state index in [-0.39, 0.29) is 4.90 Å². The van der Waals surface area contributed by atoms with Crippen molar-refractivity contribution >= 4 is 10.0 Å². The molecule has 2 aromatic heterocycles. The van der Waals surface area contributed by atoms with Gasteiger partial charge in [-0.2, -0.15) is 0 Å². The summed E-state index contributed by atoms with van der Waals surface area (Å²) in [6.07, 6.45) is 6.44.